The van der Waals surface area contributed by atoms with Gasteiger partial charge in [0.25, 0.3) is 5.91 Å². The molecule has 21 heavy (non-hydrogen) atoms. The van der Waals surface area contributed by atoms with Crippen LogP contribution in [-0.4, -0.2) is 29.9 Å². The Kier molecular flexibility index (Phi) is 5.17. The smallest absolute Gasteiger partial charge is 0.257 e. The number of aromatic nitrogens is 1. The van der Waals surface area contributed by atoms with Gasteiger partial charge in [0.1, 0.15) is 0 Å². The topological polar surface area (TPSA) is 42.4 Å². The van der Waals surface area contributed by atoms with Crippen molar-refractivity contribution in [2.45, 2.75) is 6.23 Å². The lowest BCUT2D eigenvalue weighted by Crippen LogP contribution is -2.32. The largest absolute Gasteiger partial charge is 0.357 e. The van der Waals surface area contributed by atoms with Crippen molar-refractivity contribution in [1.29, 1.82) is 0 Å². The lowest BCUT2D eigenvalue weighted by molar-refractivity contribution is -0.0111. The molecule has 4 nitrogen and oxygen atoms in total. The van der Waals surface area contributed by atoms with Crippen molar-refractivity contribution in [3.8, 4) is 0 Å². The molecule has 1 aromatic heterocycles. The zero-order chi connectivity index (χ0) is 15.4. The third-order valence-electron chi connectivity index (χ3n) is 3.03. The molecule has 0 aliphatic rings. The highest BCUT2D eigenvalue weighted by atomic mass is 35.5. The van der Waals surface area contributed by atoms with Crippen LogP contribution < -0.4 is 0 Å². The van der Waals surface area contributed by atoms with Crippen LogP contribution in [0.5, 0.6) is 0 Å². The summed E-state index contributed by atoms with van der Waals surface area (Å²) in [6, 6.07) is 8.39. The highest BCUT2D eigenvalue weighted by Crippen LogP contribution is 2.26. The van der Waals surface area contributed by atoms with Gasteiger partial charge in [0.2, 0.25) is 0 Å². The molecule has 1 unspecified atom stereocenters. The van der Waals surface area contributed by atoms with Gasteiger partial charge >= 0.3 is 0 Å². The van der Waals surface area contributed by atoms with Crippen LogP contribution in [0.25, 0.3) is 0 Å². The maximum Gasteiger partial charge on any atom is 0.257 e. The summed E-state index contributed by atoms with van der Waals surface area (Å²) in [6.45, 7) is 0. The second-order valence-corrected chi connectivity index (χ2v) is 5.26. The molecule has 0 aliphatic heterocycles. The molecule has 6 heteroatoms. The first-order chi connectivity index (χ1) is 10.0. The summed E-state index contributed by atoms with van der Waals surface area (Å²) in [4.78, 5) is 18.0. The molecule has 0 saturated carbocycles. The molecule has 1 atom stereocenters. The van der Waals surface area contributed by atoms with Gasteiger partial charge in [-0.25, -0.2) is 0 Å². The molecule has 0 radical (unpaired) electrons. The zero-order valence-electron chi connectivity index (χ0n) is 11.6. The van der Waals surface area contributed by atoms with E-state index in [1.807, 2.05) is 6.07 Å². The summed E-state index contributed by atoms with van der Waals surface area (Å²) in [6.07, 6.45) is 2.77. The lowest BCUT2D eigenvalue weighted by atomic mass is 10.1. The van der Waals surface area contributed by atoms with E-state index in [0.717, 1.165) is 5.56 Å². The molecule has 2 aromatic rings. The number of benzene rings is 1. The molecule has 0 bridgehead atoms. The Morgan fingerprint density at radius 1 is 1.33 bits per heavy atom. The standard InChI is InChI=1S/C15H14Cl2N2O2/c1-19(15(21-2)10-4-3-7-18-9-10)14(20)12-6-5-11(16)8-13(12)17/h3-9,15H,1-2H3. The minimum atomic E-state index is -0.544. The second kappa shape index (κ2) is 6.89. The fourth-order valence-corrected chi connectivity index (χ4v) is 2.49. The van der Waals surface area contributed by atoms with Crippen LogP contribution in [0.3, 0.4) is 0 Å². The van der Waals surface area contributed by atoms with E-state index >= 15 is 0 Å². The molecule has 0 fully saturated rings. The molecular formula is C15H14Cl2N2O2. The first kappa shape index (κ1) is 15.8. The monoisotopic (exact) mass is 324 g/mol. The van der Waals surface area contributed by atoms with Crippen LogP contribution in [0, 0.1) is 0 Å². The summed E-state index contributed by atoms with van der Waals surface area (Å²) in [5, 5.41) is 0.787. The predicted molar refractivity (Wildman–Crippen MR) is 82.5 cm³/mol. The number of halogens is 2. The van der Waals surface area contributed by atoms with Gasteiger partial charge in [-0.2, -0.15) is 0 Å². The van der Waals surface area contributed by atoms with Gasteiger partial charge in [0.15, 0.2) is 6.23 Å². The van der Waals surface area contributed by atoms with Crippen LogP contribution in [0.4, 0.5) is 0 Å². The average Bonchev–Trinajstić information content (AvgIpc) is 2.48. The molecule has 1 amide bonds. The van der Waals surface area contributed by atoms with E-state index in [4.69, 9.17) is 27.9 Å². The number of amides is 1. The van der Waals surface area contributed by atoms with E-state index in [1.165, 1.54) is 18.1 Å². The van der Waals surface area contributed by atoms with Gasteiger partial charge in [-0.15, -0.1) is 0 Å². The Balaban J connectivity index is 2.29. The van der Waals surface area contributed by atoms with Crippen LogP contribution in [0.2, 0.25) is 10.0 Å². The number of hydrogen-bond acceptors (Lipinski definition) is 3. The molecule has 0 spiro atoms. The molecular weight excluding hydrogens is 311 g/mol. The first-order valence-electron chi connectivity index (χ1n) is 6.19. The van der Waals surface area contributed by atoms with Gasteiger partial charge in [-0.1, -0.05) is 29.3 Å². The quantitative estimate of drug-likeness (QED) is 0.803. The second-order valence-electron chi connectivity index (χ2n) is 4.41. The Hall–Kier alpha value is -1.62. The Morgan fingerprint density at radius 3 is 2.67 bits per heavy atom. The molecule has 110 valence electrons. The highest BCUT2D eigenvalue weighted by molar-refractivity contribution is 6.36. The molecule has 2 rings (SSSR count). The molecule has 1 heterocycles. The number of nitrogens with zero attached hydrogens (tertiary/aromatic N) is 2. The van der Waals surface area contributed by atoms with Gasteiger partial charge in [0.05, 0.1) is 10.6 Å². The number of pyridine rings is 1. The van der Waals surface area contributed by atoms with Crippen LogP contribution >= 0.6 is 23.2 Å². The van der Waals surface area contributed by atoms with Gasteiger partial charge < -0.3 is 9.64 Å². The Labute approximate surface area is 133 Å². The van der Waals surface area contributed by atoms with Crippen molar-refractivity contribution in [1.82, 2.24) is 9.88 Å². The summed E-state index contributed by atoms with van der Waals surface area (Å²) in [5.74, 6) is -0.257. The fourth-order valence-electron chi connectivity index (χ4n) is 2.00. The number of methoxy groups -OCH3 is 1. The third kappa shape index (κ3) is 3.53. The molecule has 0 N–H and O–H groups in total. The van der Waals surface area contributed by atoms with E-state index in [9.17, 15) is 4.79 Å². The van der Waals surface area contributed by atoms with Crippen molar-refractivity contribution in [3.63, 3.8) is 0 Å². The number of rotatable bonds is 4. The highest BCUT2D eigenvalue weighted by Gasteiger charge is 2.24. The van der Waals surface area contributed by atoms with Crippen molar-refractivity contribution in [2.24, 2.45) is 0 Å². The Morgan fingerprint density at radius 2 is 2.10 bits per heavy atom. The molecule has 0 aliphatic carbocycles. The van der Waals surface area contributed by atoms with Crippen LogP contribution in [-0.2, 0) is 4.74 Å². The summed E-state index contributed by atoms with van der Waals surface area (Å²) in [7, 11) is 3.18. The van der Waals surface area contributed by atoms with E-state index in [-0.39, 0.29) is 5.91 Å². The molecule has 1 aromatic carbocycles. The lowest BCUT2D eigenvalue weighted by Gasteiger charge is -2.27. The summed E-state index contributed by atoms with van der Waals surface area (Å²) in [5.41, 5.74) is 1.15. The number of carbonyl (C=O) groups is 1. The first-order valence-corrected chi connectivity index (χ1v) is 6.95. The number of ether oxygens (including phenoxy) is 1. The minimum absolute atomic E-state index is 0.257. The normalized spacial score (nSPS) is 12.0. The van der Waals surface area contributed by atoms with Crippen molar-refractivity contribution in [3.05, 3.63) is 63.9 Å². The van der Waals surface area contributed by atoms with Gasteiger partial charge in [-0.05, 0) is 24.3 Å². The van der Waals surface area contributed by atoms with Crippen LogP contribution in [0.1, 0.15) is 22.1 Å². The van der Waals surface area contributed by atoms with Crippen molar-refractivity contribution < 1.29 is 9.53 Å². The van der Waals surface area contributed by atoms with Crippen molar-refractivity contribution in [2.75, 3.05) is 14.2 Å². The zero-order valence-corrected chi connectivity index (χ0v) is 13.1. The van der Waals surface area contributed by atoms with E-state index < -0.39 is 6.23 Å². The third-order valence-corrected chi connectivity index (χ3v) is 3.57. The summed E-state index contributed by atoms with van der Waals surface area (Å²) >= 11 is 11.9. The fraction of sp³-hybridized carbons (Fsp3) is 0.200. The number of hydrogen-bond donors (Lipinski definition) is 0. The van der Waals surface area contributed by atoms with Gasteiger partial charge in [0, 0.05) is 37.1 Å². The summed E-state index contributed by atoms with van der Waals surface area (Å²) < 4.78 is 5.40. The average molecular weight is 325 g/mol. The maximum atomic E-state index is 12.5. The Bertz CT molecular complexity index is 635. The molecule has 0 saturated heterocycles. The van der Waals surface area contributed by atoms with Crippen LogP contribution in [0.15, 0.2) is 42.7 Å². The van der Waals surface area contributed by atoms with E-state index in [1.54, 1.807) is 37.6 Å². The number of carbonyl (C=O) groups excluding carboxylic acids is 1. The van der Waals surface area contributed by atoms with E-state index in [2.05, 4.69) is 4.98 Å². The predicted octanol–water partition coefficient (Wildman–Crippen LogP) is 3.81. The van der Waals surface area contributed by atoms with Crippen molar-refractivity contribution >= 4 is 29.1 Å². The minimum Gasteiger partial charge on any atom is -0.357 e. The SMILES string of the molecule is COC(c1cccnc1)N(C)C(=O)c1ccc(Cl)cc1Cl. The van der Waals surface area contributed by atoms with Gasteiger partial charge in [-0.3, -0.25) is 9.78 Å². The maximum absolute atomic E-state index is 12.5. The van der Waals surface area contributed by atoms with E-state index in [0.29, 0.717) is 15.6 Å².